The zero-order valence-electron chi connectivity index (χ0n) is 10.9. The number of nitrogens with one attached hydrogen (secondary N) is 1. The Hall–Kier alpha value is -1.42. The van der Waals surface area contributed by atoms with Gasteiger partial charge in [-0.15, -0.1) is 0 Å². The van der Waals surface area contributed by atoms with Gasteiger partial charge in [0.1, 0.15) is 5.82 Å². The van der Waals surface area contributed by atoms with Crippen molar-refractivity contribution < 1.29 is 9.18 Å². The predicted octanol–water partition coefficient (Wildman–Crippen LogP) is 1.96. The number of benzene rings is 1. The van der Waals surface area contributed by atoms with Gasteiger partial charge < -0.3 is 10.2 Å². The molecule has 0 bridgehead atoms. The maximum Gasteiger partial charge on any atom is 0.257 e. The minimum Gasteiger partial charge on any atom is -0.333 e. The van der Waals surface area contributed by atoms with E-state index in [1.165, 1.54) is 6.07 Å². The lowest BCUT2D eigenvalue weighted by molar-refractivity contribution is 0.0611. The van der Waals surface area contributed by atoms with Gasteiger partial charge in [0, 0.05) is 19.6 Å². The Kier molecular flexibility index (Phi) is 3.97. The zero-order chi connectivity index (χ0) is 13.1. The van der Waals surface area contributed by atoms with Gasteiger partial charge in [0.2, 0.25) is 0 Å². The van der Waals surface area contributed by atoms with E-state index >= 15 is 0 Å². The molecule has 0 aromatic heterocycles. The number of rotatable bonds is 4. The summed E-state index contributed by atoms with van der Waals surface area (Å²) >= 11 is 0. The van der Waals surface area contributed by atoms with Crippen molar-refractivity contribution >= 4 is 5.91 Å². The molecule has 1 aromatic carbocycles. The predicted molar refractivity (Wildman–Crippen MR) is 69.1 cm³/mol. The maximum atomic E-state index is 13.8. The first-order valence-electron chi connectivity index (χ1n) is 6.41. The average Bonchev–Trinajstić information content (AvgIpc) is 2.25. The molecule has 0 aliphatic carbocycles. The van der Waals surface area contributed by atoms with E-state index in [1.807, 2.05) is 13.8 Å². The van der Waals surface area contributed by atoms with Crippen molar-refractivity contribution in [3.05, 3.63) is 35.1 Å². The van der Waals surface area contributed by atoms with Crippen molar-refractivity contribution in [2.75, 3.05) is 19.6 Å². The summed E-state index contributed by atoms with van der Waals surface area (Å²) in [6.07, 6.45) is 0.885. The van der Waals surface area contributed by atoms with Crippen molar-refractivity contribution in [3.63, 3.8) is 0 Å². The molecule has 2 rings (SSSR count). The number of nitrogens with zero attached hydrogens (tertiary/aromatic N) is 1. The Morgan fingerprint density at radius 1 is 1.50 bits per heavy atom. The van der Waals surface area contributed by atoms with Crippen LogP contribution in [0.5, 0.6) is 0 Å². The van der Waals surface area contributed by atoms with Gasteiger partial charge in [0.25, 0.3) is 5.91 Å². The topological polar surface area (TPSA) is 32.3 Å². The molecule has 1 N–H and O–H groups in total. The van der Waals surface area contributed by atoms with E-state index in [9.17, 15) is 9.18 Å². The Morgan fingerprint density at radius 2 is 2.22 bits per heavy atom. The largest absolute Gasteiger partial charge is 0.333 e. The lowest BCUT2D eigenvalue weighted by Gasteiger charge is -2.38. The summed E-state index contributed by atoms with van der Waals surface area (Å²) in [7, 11) is 0. The molecule has 1 aliphatic rings. The van der Waals surface area contributed by atoms with Crippen LogP contribution < -0.4 is 5.32 Å². The van der Waals surface area contributed by atoms with E-state index in [0.29, 0.717) is 6.54 Å². The molecule has 98 valence electrons. The molecule has 1 amide bonds. The third-order valence-corrected chi connectivity index (χ3v) is 3.28. The van der Waals surface area contributed by atoms with Crippen molar-refractivity contribution in [2.45, 2.75) is 26.3 Å². The number of hydrogen-bond acceptors (Lipinski definition) is 2. The van der Waals surface area contributed by atoms with Crippen LogP contribution in [0.2, 0.25) is 0 Å². The van der Waals surface area contributed by atoms with Crippen LogP contribution in [0.3, 0.4) is 0 Å². The highest BCUT2D eigenvalue weighted by Gasteiger charge is 2.29. The molecule has 0 unspecified atom stereocenters. The fraction of sp³-hybridized carbons (Fsp3) is 0.500. The third kappa shape index (κ3) is 2.53. The van der Waals surface area contributed by atoms with Crippen LogP contribution in [-0.4, -0.2) is 36.5 Å². The number of hydrogen-bond donors (Lipinski definition) is 1. The number of amides is 1. The molecule has 1 heterocycles. The SMILES string of the molecule is CCCN(C(=O)c1ccc(C)cc1F)C1CNC1. The van der Waals surface area contributed by atoms with Crippen LogP contribution in [0.15, 0.2) is 18.2 Å². The Bertz CT molecular complexity index is 443. The molecule has 4 heteroatoms. The van der Waals surface area contributed by atoms with Crippen molar-refractivity contribution in [3.8, 4) is 0 Å². The average molecular weight is 250 g/mol. The van der Waals surface area contributed by atoms with Crippen molar-refractivity contribution in [2.24, 2.45) is 0 Å². The molecule has 1 saturated heterocycles. The zero-order valence-corrected chi connectivity index (χ0v) is 10.9. The van der Waals surface area contributed by atoms with E-state index in [0.717, 1.165) is 25.1 Å². The second-order valence-corrected chi connectivity index (χ2v) is 4.79. The van der Waals surface area contributed by atoms with Crippen LogP contribution >= 0.6 is 0 Å². The molecule has 1 aliphatic heterocycles. The molecule has 0 saturated carbocycles. The molecule has 1 aromatic rings. The summed E-state index contributed by atoms with van der Waals surface area (Å²) in [5.74, 6) is -0.616. The summed E-state index contributed by atoms with van der Waals surface area (Å²) in [6.45, 7) is 6.13. The van der Waals surface area contributed by atoms with Crippen LogP contribution in [0.4, 0.5) is 4.39 Å². The maximum absolute atomic E-state index is 13.8. The van der Waals surface area contributed by atoms with Gasteiger partial charge in [-0.25, -0.2) is 4.39 Å². The number of halogens is 1. The van der Waals surface area contributed by atoms with E-state index in [1.54, 1.807) is 17.0 Å². The summed E-state index contributed by atoms with van der Waals surface area (Å²) in [5.41, 5.74) is 1.01. The van der Waals surface area contributed by atoms with Crippen LogP contribution in [0, 0.1) is 12.7 Å². The van der Waals surface area contributed by atoms with Gasteiger partial charge >= 0.3 is 0 Å². The van der Waals surface area contributed by atoms with Gasteiger partial charge in [-0.05, 0) is 31.0 Å². The Morgan fingerprint density at radius 3 is 2.72 bits per heavy atom. The first kappa shape index (κ1) is 13.0. The first-order chi connectivity index (χ1) is 8.63. The van der Waals surface area contributed by atoms with Gasteiger partial charge in [-0.2, -0.15) is 0 Å². The summed E-state index contributed by atoms with van der Waals surface area (Å²) < 4.78 is 13.8. The summed E-state index contributed by atoms with van der Waals surface area (Å²) in [6, 6.07) is 4.98. The van der Waals surface area contributed by atoms with E-state index < -0.39 is 5.82 Å². The van der Waals surface area contributed by atoms with Crippen molar-refractivity contribution in [1.82, 2.24) is 10.2 Å². The second kappa shape index (κ2) is 5.48. The second-order valence-electron chi connectivity index (χ2n) is 4.79. The Labute approximate surface area is 107 Å². The monoisotopic (exact) mass is 250 g/mol. The molecule has 0 atom stereocenters. The molecular weight excluding hydrogens is 231 g/mol. The van der Waals surface area contributed by atoms with Gasteiger partial charge in [-0.1, -0.05) is 13.0 Å². The molecule has 0 spiro atoms. The highest BCUT2D eigenvalue weighted by atomic mass is 19.1. The summed E-state index contributed by atoms with van der Waals surface area (Å²) in [4.78, 5) is 14.1. The number of aryl methyl sites for hydroxylation is 1. The van der Waals surface area contributed by atoms with Crippen LogP contribution in [0.25, 0.3) is 0 Å². The first-order valence-corrected chi connectivity index (χ1v) is 6.41. The molecule has 0 radical (unpaired) electrons. The number of carbonyl (C=O) groups excluding carboxylic acids is 1. The minimum atomic E-state index is -0.423. The van der Waals surface area contributed by atoms with Gasteiger partial charge in [-0.3, -0.25) is 4.79 Å². The van der Waals surface area contributed by atoms with E-state index in [2.05, 4.69) is 5.32 Å². The van der Waals surface area contributed by atoms with Crippen molar-refractivity contribution in [1.29, 1.82) is 0 Å². The normalized spacial score (nSPS) is 15.3. The highest BCUT2D eigenvalue weighted by Crippen LogP contribution is 2.16. The highest BCUT2D eigenvalue weighted by molar-refractivity contribution is 5.94. The number of carbonyl (C=O) groups is 1. The van der Waals surface area contributed by atoms with E-state index in [4.69, 9.17) is 0 Å². The van der Waals surface area contributed by atoms with Gasteiger partial charge in [0.15, 0.2) is 0 Å². The lowest BCUT2D eigenvalue weighted by Crippen LogP contribution is -2.59. The standard InChI is InChI=1S/C14H19FN2O/c1-3-6-17(11-8-16-9-11)14(18)12-5-4-10(2)7-13(12)15/h4-5,7,11,16H,3,6,8-9H2,1-2H3. The Balaban J connectivity index is 2.21. The fourth-order valence-corrected chi connectivity index (χ4v) is 2.13. The van der Waals surface area contributed by atoms with Gasteiger partial charge in [0.05, 0.1) is 11.6 Å². The van der Waals surface area contributed by atoms with E-state index in [-0.39, 0.29) is 17.5 Å². The van der Waals surface area contributed by atoms with Crippen LogP contribution in [-0.2, 0) is 0 Å². The molecule has 1 fully saturated rings. The summed E-state index contributed by atoms with van der Waals surface area (Å²) in [5, 5.41) is 3.14. The molecule has 3 nitrogen and oxygen atoms in total. The smallest absolute Gasteiger partial charge is 0.257 e. The lowest BCUT2D eigenvalue weighted by atomic mass is 10.1. The molecular formula is C14H19FN2O. The third-order valence-electron chi connectivity index (χ3n) is 3.28. The fourth-order valence-electron chi connectivity index (χ4n) is 2.13. The molecule has 18 heavy (non-hydrogen) atoms. The van der Waals surface area contributed by atoms with Crippen LogP contribution in [0.1, 0.15) is 29.3 Å². The minimum absolute atomic E-state index is 0.181. The quantitative estimate of drug-likeness (QED) is 0.886.